The maximum absolute atomic E-state index is 13.6. The summed E-state index contributed by atoms with van der Waals surface area (Å²) in [5.74, 6) is 0.562. The molecule has 2 aromatic carbocycles. The smallest absolute Gasteiger partial charge is 0.243 e. The topological polar surface area (TPSA) is 125 Å². The van der Waals surface area contributed by atoms with Crippen LogP contribution >= 0.6 is 0 Å². The molecule has 9 nitrogen and oxygen atoms in total. The van der Waals surface area contributed by atoms with E-state index in [2.05, 4.69) is 25.9 Å². The Morgan fingerprint density at radius 2 is 1.62 bits per heavy atom. The molecule has 0 bridgehead atoms. The van der Waals surface area contributed by atoms with Crippen LogP contribution in [0.15, 0.2) is 65.7 Å². The number of nitrogens with two attached hydrogens (primary N) is 1. The molecule has 5 N–H and O–H groups in total. The van der Waals surface area contributed by atoms with Gasteiger partial charge in [0.05, 0.1) is 4.90 Å². The summed E-state index contributed by atoms with van der Waals surface area (Å²) in [5.41, 5.74) is 6.97. The number of anilines is 4. The summed E-state index contributed by atoms with van der Waals surface area (Å²) in [4.78, 5) is 8.89. The zero-order valence-electron chi connectivity index (χ0n) is 20.7. The van der Waals surface area contributed by atoms with Crippen LogP contribution in [0.3, 0.4) is 0 Å². The number of hydrogen-bond acceptors (Lipinski definition) is 8. The van der Waals surface area contributed by atoms with Crippen molar-refractivity contribution in [1.29, 1.82) is 0 Å². The third-order valence-electron chi connectivity index (χ3n) is 6.29. The molecule has 2 heterocycles. The van der Waals surface area contributed by atoms with Crippen LogP contribution in [0.1, 0.15) is 32.1 Å². The number of rotatable bonds is 12. The molecule has 0 unspecified atom stereocenters. The van der Waals surface area contributed by atoms with Crippen molar-refractivity contribution in [1.82, 2.24) is 19.6 Å². The highest BCUT2D eigenvalue weighted by Gasteiger charge is 2.31. The highest BCUT2D eigenvalue weighted by molar-refractivity contribution is 7.89. The maximum atomic E-state index is 13.6. The molecule has 1 fully saturated rings. The van der Waals surface area contributed by atoms with Gasteiger partial charge in [-0.25, -0.2) is 17.8 Å². The van der Waals surface area contributed by atoms with E-state index in [0.717, 1.165) is 45.2 Å². The van der Waals surface area contributed by atoms with Gasteiger partial charge < -0.3 is 21.7 Å². The SMILES string of the molecule is NCCCCCN(C1CCNCC1)S(=O)(=O)c1ccc(Nc2ccnc(Nc3ccc(F)cc3)n2)cc1. The first kappa shape index (κ1) is 26.9. The first-order valence-corrected chi connectivity index (χ1v) is 14.0. The van der Waals surface area contributed by atoms with Crippen molar-refractivity contribution in [3.8, 4) is 0 Å². The zero-order chi connectivity index (χ0) is 26.1. The number of nitrogens with one attached hydrogen (secondary N) is 3. The van der Waals surface area contributed by atoms with Crippen molar-refractivity contribution in [2.45, 2.75) is 43.0 Å². The Labute approximate surface area is 217 Å². The molecule has 37 heavy (non-hydrogen) atoms. The van der Waals surface area contributed by atoms with E-state index in [-0.39, 0.29) is 16.8 Å². The van der Waals surface area contributed by atoms with Crippen molar-refractivity contribution < 1.29 is 12.8 Å². The van der Waals surface area contributed by atoms with E-state index in [1.54, 1.807) is 53.0 Å². The number of unbranched alkanes of at least 4 members (excludes halogenated alkanes) is 2. The lowest BCUT2D eigenvalue weighted by Gasteiger charge is -2.34. The van der Waals surface area contributed by atoms with Crippen molar-refractivity contribution in [2.24, 2.45) is 5.73 Å². The molecule has 198 valence electrons. The maximum Gasteiger partial charge on any atom is 0.243 e. The molecule has 0 atom stereocenters. The molecule has 0 aliphatic carbocycles. The van der Waals surface area contributed by atoms with Crippen LogP contribution in [-0.4, -0.2) is 54.9 Å². The van der Waals surface area contributed by atoms with E-state index in [1.165, 1.54) is 12.1 Å². The minimum atomic E-state index is -3.64. The fourth-order valence-corrected chi connectivity index (χ4v) is 6.05. The van der Waals surface area contributed by atoms with E-state index >= 15 is 0 Å². The molecule has 1 saturated heterocycles. The van der Waals surface area contributed by atoms with Gasteiger partial charge in [0.1, 0.15) is 11.6 Å². The van der Waals surface area contributed by atoms with Crippen LogP contribution in [0.2, 0.25) is 0 Å². The number of aromatic nitrogens is 2. The number of halogens is 1. The van der Waals surface area contributed by atoms with Gasteiger partial charge in [0, 0.05) is 30.2 Å². The average molecular weight is 528 g/mol. The molecule has 1 aliphatic heterocycles. The molecule has 0 saturated carbocycles. The monoisotopic (exact) mass is 527 g/mol. The van der Waals surface area contributed by atoms with Crippen molar-refractivity contribution in [3.05, 3.63) is 66.6 Å². The normalized spacial score (nSPS) is 14.6. The number of sulfonamides is 1. The van der Waals surface area contributed by atoms with Crippen LogP contribution in [0.4, 0.5) is 27.5 Å². The van der Waals surface area contributed by atoms with Crippen molar-refractivity contribution in [3.63, 3.8) is 0 Å². The Hall–Kier alpha value is -3.12. The standard InChI is InChI=1S/C26H34FN7O2S/c27-20-4-6-22(7-5-20)32-26-30-18-14-25(33-26)31-21-8-10-24(11-9-21)37(35,36)34(19-3-1-2-15-28)23-12-16-29-17-13-23/h4-11,14,18,23,29H,1-3,12-13,15-17,19,28H2,(H2,30,31,32,33). The summed E-state index contributed by atoms with van der Waals surface area (Å²) < 4.78 is 42.0. The van der Waals surface area contributed by atoms with E-state index in [9.17, 15) is 12.8 Å². The fraction of sp³-hybridized carbons (Fsp3) is 0.385. The van der Waals surface area contributed by atoms with Gasteiger partial charge in [-0.15, -0.1) is 0 Å². The zero-order valence-corrected chi connectivity index (χ0v) is 21.6. The highest BCUT2D eigenvalue weighted by Crippen LogP contribution is 2.26. The van der Waals surface area contributed by atoms with Gasteiger partial charge in [0.25, 0.3) is 0 Å². The van der Waals surface area contributed by atoms with E-state index in [4.69, 9.17) is 5.73 Å². The van der Waals surface area contributed by atoms with E-state index < -0.39 is 10.0 Å². The molecule has 0 spiro atoms. The second-order valence-electron chi connectivity index (χ2n) is 8.99. The van der Waals surface area contributed by atoms with Crippen molar-refractivity contribution in [2.75, 3.05) is 36.8 Å². The third-order valence-corrected chi connectivity index (χ3v) is 8.25. The predicted octanol–water partition coefficient (Wildman–Crippen LogP) is 3.97. The number of hydrogen-bond donors (Lipinski definition) is 4. The molecule has 0 radical (unpaired) electrons. The first-order valence-electron chi connectivity index (χ1n) is 12.6. The second kappa shape index (κ2) is 12.9. The Balaban J connectivity index is 1.45. The van der Waals surface area contributed by atoms with Gasteiger partial charge >= 0.3 is 0 Å². The Morgan fingerprint density at radius 1 is 0.946 bits per heavy atom. The molecule has 1 aliphatic rings. The number of benzene rings is 2. The van der Waals surface area contributed by atoms with Crippen LogP contribution in [0.5, 0.6) is 0 Å². The van der Waals surface area contributed by atoms with Gasteiger partial charge in [0.15, 0.2) is 0 Å². The van der Waals surface area contributed by atoms with Gasteiger partial charge in [-0.05, 0) is 99.9 Å². The molecular weight excluding hydrogens is 493 g/mol. The lowest BCUT2D eigenvalue weighted by Crippen LogP contribution is -2.46. The van der Waals surface area contributed by atoms with Crippen molar-refractivity contribution >= 4 is 33.2 Å². The van der Waals surface area contributed by atoms with Crippen LogP contribution in [0.25, 0.3) is 0 Å². The van der Waals surface area contributed by atoms with Gasteiger partial charge in [-0.3, -0.25) is 0 Å². The van der Waals surface area contributed by atoms with Gasteiger partial charge in [-0.2, -0.15) is 9.29 Å². The Morgan fingerprint density at radius 3 is 2.32 bits per heavy atom. The first-order chi connectivity index (χ1) is 18.0. The largest absolute Gasteiger partial charge is 0.340 e. The Bertz CT molecular complexity index is 1230. The third kappa shape index (κ3) is 7.45. The predicted molar refractivity (Wildman–Crippen MR) is 144 cm³/mol. The van der Waals surface area contributed by atoms with Crippen LogP contribution in [-0.2, 0) is 10.0 Å². The summed E-state index contributed by atoms with van der Waals surface area (Å²) >= 11 is 0. The van der Waals surface area contributed by atoms with Gasteiger partial charge in [-0.1, -0.05) is 6.42 Å². The molecule has 3 aromatic rings. The molecule has 11 heteroatoms. The number of piperidine rings is 1. The fourth-order valence-electron chi connectivity index (χ4n) is 4.33. The van der Waals surface area contributed by atoms with E-state index in [0.29, 0.717) is 36.2 Å². The highest BCUT2D eigenvalue weighted by atomic mass is 32.2. The summed E-state index contributed by atoms with van der Waals surface area (Å²) in [7, 11) is -3.64. The molecule has 1 aromatic heterocycles. The number of nitrogens with zero attached hydrogens (tertiary/aromatic N) is 3. The van der Waals surface area contributed by atoms with E-state index in [1.807, 2.05) is 0 Å². The summed E-state index contributed by atoms with van der Waals surface area (Å²) in [6.45, 7) is 2.75. The minimum absolute atomic E-state index is 0.00465. The minimum Gasteiger partial charge on any atom is -0.340 e. The van der Waals surface area contributed by atoms with Crippen LogP contribution in [0, 0.1) is 5.82 Å². The summed E-state index contributed by atoms with van der Waals surface area (Å²) in [5, 5.41) is 9.52. The summed E-state index contributed by atoms with van der Waals surface area (Å²) in [6, 6.07) is 14.3. The summed E-state index contributed by atoms with van der Waals surface area (Å²) in [6.07, 6.45) is 5.80. The Kier molecular flexibility index (Phi) is 9.40. The van der Waals surface area contributed by atoms with Gasteiger partial charge in [0.2, 0.25) is 16.0 Å². The quantitative estimate of drug-likeness (QED) is 0.261. The lowest BCUT2D eigenvalue weighted by molar-refractivity contribution is 0.258. The van der Waals surface area contributed by atoms with Crippen LogP contribution < -0.4 is 21.7 Å². The molecular formula is C26H34FN7O2S. The molecule has 4 rings (SSSR count). The average Bonchev–Trinajstić information content (AvgIpc) is 2.91. The second-order valence-corrected chi connectivity index (χ2v) is 10.9. The molecule has 0 amide bonds. The lowest BCUT2D eigenvalue weighted by atomic mass is 10.1.